The first-order valence-corrected chi connectivity index (χ1v) is 4.32. The highest BCUT2D eigenvalue weighted by Crippen LogP contribution is 2.14. The van der Waals surface area contributed by atoms with E-state index in [1.54, 1.807) is 17.9 Å². The lowest BCUT2D eigenvalue weighted by molar-refractivity contribution is 0.637. The van der Waals surface area contributed by atoms with E-state index in [2.05, 4.69) is 4.98 Å². The van der Waals surface area contributed by atoms with Gasteiger partial charge in [-0.2, -0.15) is 0 Å². The van der Waals surface area contributed by atoms with E-state index in [0.29, 0.717) is 0 Å². The van der Waals surface area contributed by atoms with Gasteiger partial charge >= 0.3 is 0 Å². The summed E-state index contributed by atoms with van der Waals surface area (Å²) < 4.78 is 1.56. The Morgan fingerprint density at radius 1 is 1.42 bits per heavy atom. The molecule has 2 rings (SSSR count). The van der Waals surface area contributed by atoms with Gasteiger partial charge in [0, 0.05) is 12.6 Å². The maximum atomic E-state index is 11.5. The van der Waals surface area contributed by atoms with Crippen LogP contribution >= 0.6 is 0 Å². The molecule has 0 fully saturated rings. The fourth-order valence-electron chi connectivity index (χ4n) is 1.68. The molecule has 0 amide bonds. The van der Waals surface area contributed by atoms with Gasteiger partial charge in [0.25, 0.3) is 5.56 Å². The number of rotatable bonds is 0. The van der Waals surface area contributed by atoms with Crippen LogP contribution in [0.1, 0.15) is 24.1 Å². The third kappa shape index (κ3) is 1.05. The molecule has 1 aliphatic carbocycles. The largest absolute Gasteiger partial charge is 0.302 e. The summed E-state index contributed by atoms with van der Waals surface area (Å²) in [6, 6.07) is 0. The fourth-order valence-corrected chi connectivity index (χ4v) is 1.68. The molecule has 0 aromatic carbocycles. The van der Waals surface area contributed by atoms with Gasteiger partial charge in [0.15, 0.2) is 0 Å². The normalized spacial score (nSPS) is 15.8. The molecule has 0 aliphatic heterocycles. The lowest BCUT2D eigenvalue weighted by Gasteiger charge is -2.13. The smallest absolute Gasteiger partial charge is 0.256 e. The van der Waals surface area contributed by atoms with Crippen LogP contribution in [-0.4, -0.2) is 9.55 Å². The van der Waals surface area contributed by atoms with Crippen molar-refractivity contribution in [3.05, 3.63) is 27.9 Å². The second-order valence-electron chi connectivity index (χ2n) is 3.29. The first-order valence-electron chi connectivity index (χ1n) is 4.32. The van der Waals surface area contributed by atoms with E-state index in [0.717, 1.165) is 30.5 Å². The molecule has 0 radical (unpaired) electrons. The molecule has 0 atom stereocenters. The summed E-state index contributed by atoms with van der Waals surface area (Å²) in [6.07, 6.45) is 5.81. The molecule has 0 bridgehead atoms. The van der Waals surface area contributed by atoms with Crippen LogP contribution in [0.15, 0.2) is 11.1 Å². The number of aryl methyl sites for hydroxylation is 2. The first kappa shape index (κ1) is 7.53. The van der Waals surface area contributed by atoms with Crippen molar-refractivity contribution in [3.8, 4) is 0 Å². The Balaban J connectivity index is 2.62. The number of aromatic nitrogens is 2. The summed E-state index contributed by atoms with van der Waals surface area (Å²) in [5.74, 6) is 0. The maximum absolute atomic E-state index is 11.5. The molecule has 3 heteroatoms. The molecule has 1 aromatic rings. The minimum absolute atomic E-state index is 0.139. The fraction of sp³-hybridized carbons (Fsp3) is 0.556. The summed E-state index contributed by atoms with van der Waals surface area (Å²) in [4.78, 5) is 15.8. The summed E-state index contributed by atoms with van der Waals surface area (Å²) in [5, 5.41) is 0. The Labute approximate surface area is 71.1 Å². The molecule has 0 spiro atoms. The highest BCUT2D eigenvalue weighted by molar-refractivity contribution is 5.19. The van der Waals surface area contributed by atoms with Crippen LogP contribution in [0.4, 0.5) is 0 Å². The molecule has 1 aliphatic rings. The van der Waals surface area contributed by atoms with E-state index in [-0.39, 0.29) is 5.56 Å². The van der Waals surface area contributed by atoms with Gasteiger partial charge in [0.1, 0.15) is 0 Å². The van der Waals surface area contributed by atoms with E-state index >= 15 is 0 Å². The van der Waals surface area contributed by atoms with Crippen molar-refractivity contribution in [2.45, 2.75) is 25.7 Å². The predicted octanol–water partition coefficient (Wildman–Crippen LogP) is 0.659. The molecule has 3 nitrogen and oxygen atoms in total. The van der Waals surface area contributed by atoms with E-state index in [1.165, 1.54) is 6.42 Å². The third-order valence-corrected chi connectivity index (χ3v) is 2.40. The predicted molar refractivity (Wildman–Crippen MR) is 46.1 cm³/mol. The van der Waals surface area contributed by atoms with E-state index in [1.807, 2.05) is 0 Å². The topological polar surface area (TPSA) is 34.9 Å². The van der Waals surface area contributed by atoms with E-state index < -0.39 is 0 Å². The second kappa shape index (κ2) is 2.73. The summed E-state index contributed by atoms with van der Waals surface area (Å²) in [5.41, 5.74) is 2.09. The van der Waals surface area contributed by atoms with Crippen molar-refractivity contribution < 1.29 is 0 Å². The average Bonchev–Trinajstić information content (AvgIpc) is 2.12. The molecule has 0 N–H and O–H groups in total. The summed E-state index contributed by atoms with van der Waals surface area (Å²) in [6.45, 7) is 0. The lowest BCUT2D eigenvalue weighted by atomic mass is 9.97. The minimum Gasteiger partial charge on any atom is -0.302 e. The number of hydrogen-bond acceptors (Lipinski definition) is 2. The zero-order valence-corrected chi connectivity index (χ0v) is 7.21. The Hall–Kier alpha value is -1.12. The average molecular weight is 164 g/mol. The van der Waals surface area contributed by atoms with Crippen LogP contribution in [0.2, 0.25) is 0 Å². The van der Waals surface area contributed by atoms with Crippen molar-refractivity contribution in [1.29, 1.82) is 0 Å². The summed E-state index contributed by atoms with van der Waals surface area (Å²) >= 11 is 0. The highest BCUT2D eigenvalue weighted by atomic mass is 16.1. The minimum atomic E-state index is 0.139. The van der Waals surface area contributed by atoms with Crippen LogP contribution in [0, 0.1) is 0 Å². The van der Waals surface area contributed by atoms with Crippen molar-refractivity contribution in [3.63, 3.8) is 0 Å². The van der Waals surface area contributed by atoms with Gasteiger partial charge in [-0.05, 0) is 25.7 Å². The molecule has 1 heterocycles. The Bertz CT molecular complexity index is 354. The Morgan fingerprint density at radius 2 is 2.17 bits per heavy atom. The molecule has 1 aromatic heterocycles. The maximum Gasteiger partial charge on any atom is 0.256 e. The Morgan fingerprint density at radius 3 is 3.00 bits per heavy atom. The standard InChI is InChI=1S/C9H12N2O/c1-11-6-10-8-5-3-2-4-7(8)9(11)12/h6H,2-5H2,1H3. The van der Waals surface area contributed by atoms with E-state index in [4.69, 9.17) is 0 Å². The third-order valence-electron chi connectivity index (χ3n) is 2.40. The molecule has 0 saturated heterocycles. The molecule has 0 saturated carbocycles. The molecule has 64 valence electrons. The van der Waals surface area contributed by atoms with Crippen LogP contribution in [-0.2, 0) is 19.9 Å². The first-order chi connectivity index (χ1) is 5.79. The van der Waals surface area contributed by atoms with Gasteiger partial charge in [-0.25, -0.2) is 4.98 Å². The highest BCUT2D eigenvalue weighted by Gasteiger charge is 2.13. The van der Waals surface area contributed by atoms with Crippen LogP contribution in [0.3, 0.4) is 0 Å². The van der Waals surface area contributed by atoms with Crippen molar-refractivity contribution >= 4 is 0 Å². The zero-order chi connectivity index (χ0) is 8.55. The van der Waals surface area contributed by atoms with Crippen LogP contribution < -0.4 is 5.56 Å². The lowest BCUT2D eigenvalue weighted by Crippen LogP contribution is -2.25. The van der Waals surface area contributed by atoms with Gasteiger partial charge in [0.2, 0.25) is 0 Å². The summed E-state index contributed by atoms with van der Waals surface area (Å²) in [7, 11) is 1.75. The van der Waals surface area contributed by atoms with Gasteiger partial charge in [-0.3, -0.25) is 4.79 Å². The van der Waals surface area contributed by atoms with Crippen molar-refractivity contribution in [2.24, 2.45) is 7.05 Å². The SMILES string of the molecule is Cn1cnc2c(c1=O)CCCC2. The Kier molecular flexibility index (Phi) is 1.71. The van der Waals surface area contributed by atoms with E-state index in [9.17, 15) is 4.79 Å². The monoisotopic (exact) mass is 164 g/mol. The number of hydrogen-bond donors (Lipinski definition) is 0. The molecule has 12 heavy (non-hydrogen) atoms. The number of nitrogens with zero attached hydrogens (tertiary/aromatic N) is 2. The molecule has 0 unspecified atom stereocenters. The quantitative estimate of drug-likeness (QED) is 0.564. The van der Waals surface area contributed by atoms with Crippen molar-refractivity contribution in [1.82, 2.24) is 9.55 Å². The van der Waals surface area contributed by atoms with Crippen LogP contribution in [0.5, 0.6) is 0 Å². The molecular formula is C9H12N2O. The van der Waals surface area contributed by atoms with Gasteiger partial charge in [-0.1, -0.05) is 0 Å². The number of fused-ring (bicyclic) bond motifs is 1. The van der Waals surface area contributed by atoms with Gasteiger partial charge in [0.05, 0.1) is 12.0 Å². The molecular weight excluding hydrogens is 152 g/mol. The van der Waals surface area contributed by atoms with Gasteiger partial charge < -0.3 is 4.57 Å². The zero-order valence-electron chi connectivity index (χ0n) is 7.21. The van der Waals surface area contributed by atoms with Gasteiger partial charge in [-0.15, -0.1) is 0 Å². The van der Waals surface area contributed by atoms with Crippen molar-refractivity contribution in [2.75, 3.05) is 0 Å². The second-order valence-corrected chi connectivity index (χ2v) is 3.29. The van der Waals surface area contributed by atoms with Crippen LogP contribution in [0.25, 0.3) is 0 Å².